The van der Waals surface area contributed by atoms with Crippen molar-refractivity contribution in [3.8, 4) is 10.6 Å². The smallest absolute Gasteiger partial charge is 0.267 e. The minimum atomic E-state index is -0.280. The van der Waals surface area contributed by atoms with Gasteiger partial charge < -0.3 is 10.2 Å². The van der Waals surface area contributed by atoms with Gasteiger partial charge in [-0.3, -0.25) is 9.59 Å². The molecule has 31 heavy (non-hydrogen) atoms. The van der Waals surface area contributed by atoms with E-state index in [1.807, 2.05) is 29.6 Å². The fourth-order valence-electron chi connectivity index (χ4n) is 4.64. The number of hydrogen-bond donors (Lipinski definition) is 1. The zero-order valence-corrected chi connectivity index (χ0v) is 18.1. The van der Waals surface area contributed by atoms with E-state index in [4.69, 9.17) is 0 Å². The Morgan fingerprint density at radius 2 is 2.03 bits per heavy atom. The topological polar surface area (TPSA) is 80.1 Å². The van der Waals surface area contributed by atoms with Crippen molar-refractivity contribution in [2.45, 2.75) is 38.6 Å². The van der Waals surface area contributed by atoms with Crippen molar-refractivity contribution in [1.82, 2.24) is 14.8 Å². The molecule has 160 valence electrons. The molecule has 1 amide bonds. The predicted molar refractivity (Wildman–Crippen MR) is 122 cm³/mol. The lowest BCUT2D eigenvalue weighted by molar-refractivity contribution is -0.117. The molecule has 1 saturated heterocycles. The van der Waals surface area contributed by atoms with Gasteiger partial charge in [0.15, 0.2) is 0 Å². The Bertz CT molecular complexity index is 1140. The number of aromatic nitrogens is 3. The Hall–Kier alpha value is -3.00. The lowest BCUT2D eigenvalue weighted by atomic mass is 9.64. The van der Waals surface area contributed by atoms with Gasteiger partial charge in [0.1, 0.15) is 17.4 Å². The molecular weight excluding hydrogens is 410 g/mol. The highest BCUT2D eigenvalue weighted by Crippen LogP contribution is 2.47. The summed E-state index contributed by atoms with van der Waals surface area (Å²) in [7, 11) is 0. The van der Waals surface area contributed by atoms with Crippen LogP contribution >= 0.6 is 11.3 Å². The van der Waals surface area contributed by atoms with Gasteiger partial charge in [0.05, 0.1) is 0 Å². The molecule has 0 atom stereocenters. The number of nitrogens with one attached hydrogen (secondary N) is 1. The van der Waals surface area contributed by atoms with E-state index in [0.29, 0.717) is 11.1 Å². The minimum absolute atomic E-state index is 0.118. The third-order valence-electron chi connectivity index (χ3n) is 6.37. The van der Waals surface area contributed by atoms with E-state index in [0.717, 1.165) is 35.9 Å². The van der Waals surface area contributed by atoms with E-state index in [1.54, 1.807) is 23.6 Å². The van der Waals surface area contributed by atoms with E-state index in [2.05, 4.69) is 20.3 Å². The van der Waals surface area contributed by atoms with E-state index < -0.39 is 0 Å². The van der Waals surface area contributed by atoms with Crippen LogP contribution in [0.3, 0.4) is 0 Å². The molecule has 3 heterocycles. The summed E-state index contributed by atoms with van der Waals surface area (Å²) in [5.74, 6) is 0.501. The average molecular weight is 436 g/mol. The van der Waals surface area contributed by atoms with E-state index in [1.165, 1.54) is 36.4 Å². The molecule has 1 spiro atoms. The predicted octanol–water partition coefficient (Wildman–Crippen LogP) is 3.78. The molecule has 0 unspecified atom stereocenters. The third kappa shape index (κ3) is 4.25. The van der Waals surface area contributed by atoms with Gasteiger partial charge in [0, 0.05) is 42.0 Å². The molecule has 1 aromatic carbocycles. The summed E-state index contributed by atoms with van der Waals surface area (Å²) in [6.45, 7) is 1.82. The summed E-state index contributed by atoms with van der Waals surface area (Å²) in [6.07, 6.45) is 8.07. The summed E-state index contributed by atoms with van der Waals surface area (Å²) >= 11 is 1.54. The van der Waals surface area contributed by atoms with Crippen molar-refractivity contribution in [3.63, 3.8) is 0 Å². The van der Waals surface area contributed by atoms with Crippen molar-refractivity contribution < 1.29 is 4.79 Å². The Morgan fingerprint density at radius 3 is 2.81 bits per heavy atom. The van der Waals surface area contributed by atoms with Crippen LogP contribution in [0.4, 0.5) is 11.5 Å². The number of nitrogens with zero attached hydrogens (tertiary/aromatic N) is 4. The molecule has 5 rings (SSSR count). The minimum Gasteiger partial charge on any atom is -0.355 e. The van der Waals surface area contributed by atoms with Crippen molar-refractivity contribution >= 4 is 28.7 Å². The molecule has 1 aliphatic carbocycles. The van der Waals surface area contributed by atoms with Crippen molar-refractivity contribution in [2.24, 2.45) is 5.41 Å². The van der Waals surface area contributed by atoms with Crippen molar-refractivity contribution in [1.29, 1.82) is 0 Å². The van der Waals surface area contributed by atoms with Crippen LogP contribution in [0.25, 0.3) is 10.6 Å². The molecule has 1 N–H and O–H groups in total. The van der Waals surface area contributed by atoms with Gasteiger partial charge >= 0.3 is 0 Å². The van der Waals surface area contributed by atoms with Gasteiger partial charge in [-0.2, -0.15) is 5.10 Å². The zero-order valence-electron chi connectivity index (χ0n) is 17.3. The number of rotatable bonds is 5. The second kappa shape index (κ2) is 8.26. The quantitative estimate of drug-likeness (QED) is 0.660. The molecule has 0 radical (unpaired) electrons. The number of carbonyl (C=O) groups is 1. The Morgan fingerprint density at radius 1 is 1.16 bits per heavy atom. The highest BCUT2D eigenvalue weighted by atomic mass is 32.1. The number of piperidine rings is 1. The number of carbonyl (C=O) groups excluding carboxylic acids is 1. The van der Waals surface area contributed by atoms with Crippen molar-refractivity contribution in [3.05, 3.63) is 58.3 Å². The van der Waals surface area contributed by atoms with Gasteiger partial charge in [0.2, 0.25) is 5.91 Å². The number of thiazole rings is 1. The maximum atomic E-state index is 12.6. The Balaban J connectivity index is 1.29. The maximum Gasteiger partial charge on any atom is 0.267 e. The van der Waals surface area contributed by atoms with Crippen molar-refractivity contribution in [2.75, 3.05) is 23.3 Å². The summed E-state index contributed by atoms with van der Waals surface area (Å²) in [5.41, 5.74) is 1.77. The summed E-state index contributed by atoms with van der Waals surface area (Å²) in [4.78, 5) is 31.6. The van der Waals surface area contributed by atoms with Crippen LogP contribution < -0.4 is 15.8 Å². The highest BCUT2D eigenvalue weighted by Gasteiger charge is 2.40. The molecule has 2 fully saturated rings. The van der Waals surface area contributed by atoms with Gasteiger partial charge in [0.25, 0.3) is 5.56 Å². The molecule has 1 saturated carbocycles. The van der Waals surface area contributed by atoms with Gasteiger partial charge in [-0.15, -0.1) is 11.3 Å². The molecule has 7 nitrogen and oxygen atoms in total. The molecule has 2 aliphatic rings. The maximum absolute atomic E-state index is 12.6. The summed E-state index contributed by atoms with van der Waals surface area (Å²) < 4.78 is 1.26. The molecular formula is C23H25N5O2S. The summed E-state index contributed by atoms with van der Waals surface area (Å²) in [6, 6.07) is 10.8. The van der Waals surface area contributed by atoms with E-state index >= 15 is 0 Å². The third-order valence-corrected chi connectivity index (χ3v) is 7.19. The molecule has 3 aromatic rings. The van der Waals surface area contributed by atoms with Crippen LogP contribution in [0.2, 0.25) is 0 Å². The highest BCUT2D eigenvalue weighted by molar-refractivity contribution is 7.13. The number of hydrogen-bond acceptors (Lipinski definition) is 6. The van der Waals surface area contributed by atoms with Crippen LogP contribution in [-0.4, -0.2) is 33.8 Å². The number of amides is 1. The lowest BCUT2D eigenvalue weighted by Crippen LogP contribution is -2.47. The first-order valence-corrected chi connectivity index (χ1v) is 11.6. The largest absolute Gasteiger partial charge is 0.355 e. The number of benzene rings is 1. The first-order valence-electron chi connectivity index (χ1n) is 10.7. The fraction of sp³-hybridized carbons (Fsp3) is 0.391. The second-order valence-corrected chi connectivity index (χ2v) is 9.43. The normalized spacial score (nSPS) is 17.4. The average Bonchev–Trinajstić information content (AvgIpc) is 3.29. The van der Waals surface area contributed by atoms with Gasteiger partial charge in [-0.05, 0) is 49.3 Å². The van der Waals surface area contributed by atoms with Crippen LogP contribution in [0.15, 0.2) is 52.8 Å². The first kappa shape index (κ1) is 19.9. The second-order valence-electron chi connectivity index (χ2n) is 8.53. The van der Waals surface area contributed by atoms with Crippen LogP contribution in [0, 0.1) is 5.41 Å². The van der Waals surface area contributed by atoms with Gasteiger partial charge in [-0.1, -0.05) is 18.6 Å². The SMILES string of the molecule is O=C(Cn1nc(N2CCCC3(CCC3)C2)ccc1=O)Nc1cccc(-c2nccs2)c1. The summed E-state index contributed by atoms with van der Waals surface area (Å²) in [5, 5.41) is 10.2. The molecule has 8 heteroatoms. The molecule has 0 bridgehead atoms. The van der Waals surface area contributed by atoms with E-state index in [-0.39, 0.29) is 18.0 Å². The molecule has 2 aromatic heterocycles. The van der Waals surface area contributed by atoms with Crippen LogP contribution in [0.1, 0.15) is 32.1 Å². The zero-order chi connectivity index (χ0) is 21.3. The first-order chi connectivity index (χ1) is 15.1. The fourth-order valence-corrected chi connectivity index (χ4v) is 5.28. The molecule has 1 aliphatic heterocycles. The standard InChI is InChI=1S/C23H25N5O2S/c29-20(25-18-5-1-4-17(14-18)22-24-11-13-31-22)15-28-21(30)7-6-19(26-28)27-12-3-10-23(16-27)8-2-9-23/h1,4-7,11,13-14H,2-3,8-10,12,15-16H2,(H,25,29). The number of anilines is 2. The Labute approximate surface area is 184 Å². The van der Waals surface area contributed by atoms with E-state index in [9.17, 15) is 9.59 Å². The van der Waals surface area contributed by atoms with Gasteiger partial charge in [-0.25, -0.2) is 9.67 Å². The van der Waals surface area contributed by atoms with Crippen LogP contribution in [-0.2, 0) is 11.3 Å². The monoisotopic (exact) mass is 435 g/mol. The lowest BCUT2D eigenvalue weighted by Gasteiger charge is -2.49. The van der Waals surface area contributed by atoms with Crippen LogP contribution in [0.5, 0.6) is 0 Å². The Kier molecular flexibility index (Phi) is 5.31.